The first-order valence-corrected chi connectivity index (χ1v) is 11.9. The molecule has 0 radical (unpaired) electrons. The first-order valence-electron chi connectivity index (χ1n) is 11.9. The van der Waals surface area contributed by atoms with Crippen molar-refractivity contribution in [3.05, 3.63) is 0 Å². The van der Waals surface area contributed by atoms with Crippen LogP contribution in [0.25, 0.3) is 0 Å². The lowest BCUT2D eigenvalue weighted by Gasteiger charge is -2.25. The Labute approximate surface area is 215 Å². The summed E-state index contributed by atoms with van der Waals surface area (Å²) in [6.45, 7) is 1.80. The fourth-order valence-corrected chi connectivity index (χ4v) is 3.11. The highest BCUT2D eigenvalue weighted by Gasteiger charge is 2.31. The minimum atomic E-state index is -1.33. The maximum absolute atomic E-state index is 13.0. The first kappa shape index (κ1) is 33.5. The van der Waals surface area contributed by atoms with Gasteiger partial charge in [0.2, 0.25) is 23.6 Å². The van der Waals surface area contributed by atoms with Gasteiger partial charge < -0.3 is 54.8 Å². The predicted molar refractivity (Wildman–Crippen MR) is 134 cm³/mol. The number of guanidine groups is 1. The molecule has 4 amide bonds. The maximum atomic E-state index is 13.0. The average molecular weight is 532 g/mol. The lowest BCUT2D eigenvalue weighted by molar-refractivity contribution is -0.142. The molecule has 16 nitrogen and oxygen atoms in total. The van der Waals surface area contributed by atoms with Crippen molar-refractivity contribution >= 4 is 35.6 Å². The number of nitrogens with zero attached hydrogens (tertiary/aromatic N) is 1. The van der Waals surface area contributed by atoms with Crippen molar-refractivity contribution in [3.63, 3.8) is 0 Å². The highest BCUT2D eigenvalue weighted by atomic mass is 16.4. The van der Waals surface area contributed by atoms with Crippen LogP contribution in [-0.4, -0.2) is 89.1 Å². The predicted octanol–water partition coefficient (Wildman–Crippen LogP) is -4.32. The van der Waals surface area contributed by atoms with Crippen LogP contribution in [0, 0.1) is 0 Å². The summed E-state index contributed by atoms with van der Waals surface area (Å²) >= 11 is 0. The van der Waals surface area contributed by atoms with E-state index in [1.54, 1.807) is 0 Å². The Morgan fingerprint density at radius 3 is 1.81 bits per heavy atom. The molecule has 0 bridgehead atoms. The molecule has 0 heterocycles. The van der Waals surface area contributed by atoms with Crippen LogP contribution in [0.5, 0.6) is 0 Å². The topological polar surface area (TPSA) is 304 Å². The van der Waals surface area contributed by atoms with Crippen molar-refractivity contribution < 1.29 is 34.2 Å². The zero-order valence-electron chi connectivity index (χ0n) is 21.0. The summed E-state index contributed by atoms with van der Waals surface area (Å²) in [6, 6.07) is -5.09. The van der Waals surface area contributed by atoms with Gasteiger partial charge in [0.05, 0.1) is 6.10 Å². The minimum absolute atomic E-state index is 0.0106. The largest absolute Gasteiger partial charge is 0.480 e. The lowest BCUT2D eigenvalue weighted by Crippen LogP contribution is -2.58. The molecule has 0 saturated heterocycles. The summed E-state index contributed by atoms with van der Waals surface area (Å²) in [5.74, 6) is -4.64. The third-order valence-electron chi connectivity index (χ3n) is 5.27. The van der Waals surface area contributed by atoms with Crippen molar-refractivity contribution in [2.45, 2.75) is 82.1 Å². The van der Waals surface area contributed by atoms with Gasteiger partial charge >= 0.3 is 5.97 Å². The van der Waals surface area contributed by atoms with Crippen LogP contribution in [-0.2, 0) is 24.0 Å². The van der Waals surface area contributed by atoms with Gasteiger partial charge in [0.15, 0.2) is 5.96 Å². The third kappa shape index (κ3) is 14.6. The van der Waals surface area contributed by atoms with E-state index in [9.17, 15) is 34.2 Å². The Kier molecular flexibility index (Phi) is 16.2. The number of amides is 4. The van der Waals surface area contributed by atoms with E-state index >= 15 is 0 Å². The number of aliphatic hydroxyl groups excluding tert-OH is 1. The monoisotopic (exact) mass is 531 g/mol. The second-order valence-corrected chi connectivity index (χ2v) is 8.53. The minimum Gasteiger partial charge on any atom is -0.480 e. The van der Waals surface area contributed by atoms with Gasteiger partial charge in [-0.15, -0.1) is 0 Å². The highest BCUT2D eigenvalue weighted by Crippen LogP contribution is 2.07. The summed E-state index contributed by atoms with van der Waals surface area (Å²) < 4.78 is 0. The lowest BCUT2D eigenvalue weighted by atomic mass is 10.0. The van der Waals surface area contributed by atoms with E-state index in [0.29, 0.717) is 19.4 Å². The van der Waals surface area contributed by atoms with Gasteiger partial charge in [-0.1, -0.05) is 0 Å². The van der Waals surface area contributed by atoms with E-state index in [-0.39, 0.29) is 44.6 Å². The molecular formula is C21H41N9O7. The van der Waals surface area contributed by atoms with Gasteiger partial charge in [-0.2, -0.15) is 0 Å². The number of carboxylic acid groups (broad SMARTS) is 1. The molecule has 0 saturated carbocycles. The molecule has 0 aliphatic heterocycles. The molecule has 37 heavy (non-hydrogen) atoms. The van der Waals surface area contributed by atoms with E-state index in [1.807, 2.05) is 0 Å². The number of nitrogens with two attached hydrogens (primary N) is 5. The molecule has 0 aliphatic carbocycles. The number of aliphatic imine (C=N–C) groups is 1. The summed E-state index contributed by atoms with van der Waals surface area (Å²) in [5.41, 5.74) is 26.8. The Balaban J connectivity index is 5.56. The Morgan fingerprint density at radius 2 is 1.32 bits per heavy atom. The van der Waals surface area contributed by atoms with Gasteiger partial charge in [0, 0.05) is 13.0 Å². The van der Waals surface area contributed by atoms with Crippen LogP contribution in [0.15, 0.2) is 4.99 Å². The van der Waals surface area contributed by atoms with E-state index < -0.39 is 59.9 Å². The van der Waals surface area contributed by atoms with Crippen molar-refractivity contribution in [2.24, 2.45) is 33.7 Å². The molecule has 0 aromatic rings. The molecule has 5 unspecified atom stereocenters. The Bertz CT molecular complexity index is 803. The first-order chi connectivity index (χ1) is 17.3. The van der Waals surface area contributed by atoms with Crippen LogP contribution in [0.4, 0.5) is 0 Å². The number of carbonyl (C=O) groups excluding carboxylic acids is 4. The fourth-order valence-electron chi connectivity index (χ4n) is 3.11. The second-order valence-electron chi connectivity index (χ2n) is 8.53. The van der Waals surface area contributed by atoms with Crippen molar-refractivity contribution in [1.82, 2.24) is 16.0 Å². The van der Waals surface area contributed by atoms with Crippen LogP contribution < -0.4 is 44.6 Å². The molecule has 0 aliphatic rings. The van der Waals surface area contributed by atoms with Gasteiger partial charge in [-0.3, -0.25) is 24.2 Å². The normalized spacial score (nSPS) is 14.8. The number of rotatable bonds is 19. The quantitative estimate of drug-likeness (QED) is 0.0431. The fraction of sp³-hybridized carbons (Fsp3) is 0.714. The molecule has 5 atom stereocenters. The Hall–Kier alpha value is -3.50. The summed E-state index contributed by atoms with van der Waals surface area (Å²) in [7, 11) is 0. The van der Waals surface area contributed by atoms with Gasteiger partial charge in [-0.25, -0.2) is 4.79 Å². The van der Waals surface area contributed by atoms with Crippen molar-refractivity contribution in [2.75, 3.05) is 13.1 Å². The van der Waals surface area contributed by atoms with Gasteiger partial charge in [0.25, 0.3) is 0 Å². The number of carboxylic acids is 1. The molecule has 0 aromatic carbocycles. The molecular weight excluding hydrogens is 490 g/mol. The van der Waals surface area contributed by atoms with E-state index in [2.05, 4.69) is 20.9 Å². The zero-order chi connectivity index (χ0) is 28.5. The third-order valence-corrected chi connectivity index (χ3v) is 5.27. The molecule has 0 aromatic heterocycles. The number of aliphatic hydroxyl groups is 1. The van der Waals surface area contributed by atoms with Crippen LogP contribution in [0.3, 0.4) is 0 Å². The maximum Gasteiger partial charge on any atom is 0.326 e. The van der Waals surface area contributed by atoms with Crippen molar-refractivity contribution in [1.29, 1.82) is 0 Å². The zero-order valence-corrected chi connectivity index (χ0v) is 21.0. The standard InChI is InChI=1S/C21H41N9O7/c1-11(31)16(24)19(35)29-12(5-2-3-9-22)17(33)28-13(7-8-15(23)32)18(34)30-14(20(36)37)6-4-10-27-21(25)26/h11-14,16,31H,2-10,22,24H2,1H3,(H2,23,32)(H,28,33)(H,29,35)(H,30,34)(H,36,37)(H4,25,26,27). The van der Waals surface area contributed by atoms with Crippen molar-refractivity contribution in [3.8, 4) is 0 Å². The van der Waals surface area contributed by atoms with Crippen LogP contribution in [0.1, 0.15) is 51.9 Å². The molecule has 0 spiro atoms. The van der Waals surface area contributed by atoms with E-state index in [4.69, 9.17) is 28.7 Å². The number of nitrogens with one attached hydrogen (secondary N) is 3. The number of carbonyl (C=O) groups is 5. The van der Waals surface area contributed by atoms with E-state index in [1.165, 1.54) is 6.92 Å². The number of unbranched alkanes of at least 4 members (excludes halogenated alkanes) is 1. The molecule has 212 valence electrons. The van der Waals surface area contributed by atoms with Gasteiger partial charge in [-0.05, 0) is 52.0 Å². The molecule has 0 rings (SSSR count). The molecule has 16 heteroatoms. The van der Waals surface area contributed by atoms with E-state index in [0.717, 1.165) is 0 Å². The summed E-state index contributed by atoms with van der Waals surface area (Å²) in [4.78, 5) is 64.9. The Morgan fingerprint density at radius 1 is 0.811 bits per heavy atom. The number of primary amides is 1. The summed E-state index contributed by atoms with van der Waals surface area (Å²) in [5, 5.41) is 26.2. The van der Waals surface area contributed by atoms with Gasteiger partial charge in [0.1, 0.15) is 24.2 Å². The molecule has 0 fully saturated rings. The second kappa shape index (κ2) is 17.9. The van der Waals surface area contributed by atoms with Crippen LogP contribution >= 0.6 is 0 Å². The number of hydrogen-bond donors (Lipinski definition) is 10. The average Bonchev–Trinajstić information content (AvgIpc) is 2.81. The highest BCUT2D eigenvalue weighted by molar-refractivity contribution is 5.94. The number of aliphatic carboxylic acids is 1. The smallest absolute Gasteiger partial charge is 0.326 e. The van der Waals surface area contributed by atoms with Crippen LogP contribution in [0.2, 0.25) is 0 Å². The molecule has 15 N–H and O–H groups in total. The number of hydrogen-bond acceptors (Lipinski definition) is 9. The summed E-state index contributed by atoms with van der Waals surface area (Å²) in [6.07, 6.45) is -0.297. The SMILES string of the molecule is CC(O)C(N)C(=O)NC(CCCCN)C(=O)NC(CCC(N)=O)C(=O)NC(CCCN=C(N)N)C(=O)O.